The molecule has 0 atom stereocenters. The Hall–Kier alpha value is -4.07. The van der Waals surface area contributed by atoms with Gasteiger partial charge in [-0.3, -0.25) is 10.1 Å². The number of fused-ring (bicyclic) bond motifs is 1. The normalized spacial score (nSPS) is 15.1. The maximum absolute atomic E-state index is 13.5. The molecule has 198 valence electrons. The quantitative estimate of drug-likeness (QED) is 0.524. The standard InChI is InChI=1S/C23H21F4N3O6S/c1-13-20(12-28-14(2)31)35-19-10-7-16(29-21(32)36-22(3,4)23(25,26)27)11-18(19)30(13)37(33,34)17-8-5-15(24)6-9-17/h5-12H,1H2,2-4H3,(H,28,31)(H,29,32)/b20-12+. The summed E-state index contributed by atoms with van der Waals surface area (Å²) >= 11 is 0. The molecular weight excluding hydrogens is 522 g/mol. The Morgan fingerprint density at radius 3 is 2.30 bits per heavy atom. The average molecular weight is 543 g/mol. The number of alkyl halides is 3. The predicted octanol–water partition coefficient (Wildman–Crippen LogP) is 4.79. The minimum atomic E-state index is -4.84. The Morgan fingerprint density at radius 2 is 1.73 bits per heavy atom. The van der Waals surface area contributed by atoms with Crippen LogP contribution in [0.1, 0.15) is 20.8 Å². The third kappa shape index (κ3) is 5.85. The summed E-state index contributed by atoms with van der Waals surface area (Å²) in [7, 11) is -4.47. The second-order valence-corrected chi connectivity index (χ2v) is 9.97. The summed E-state index contributed by atoms with van der Waals surface area (Å²) < 4.78 is 90.5. The number of halogens is 4. The number of sulfonamides is 1. The highest BCUT2D eigenvalue weighted by molar-refractivity contribution is 7.93. The lowest BCUT2D eigenvalue weighted by molar-refractivity contribution is -0.242. The van der Waals surface area contributed by atoms with Crippen molar-refractivity contribution in [2.45, 2.75) is 37.4 Å². The molecule has 0 fully saturated rings. The van der Waals surface area contributed by atoms with Gasteiger partial charge in [-0.15, -0.1) is 0 Å². The SMILES string of the molecule is C=C1/C(=C\NC(C)=O)Oc2ccc(NC(=O)OC(C)(C)C(F)(F)F)cc2N1S(=O)(=O)c1ccc(F)cc1. The maximum Gasteiger partial charge on any atom is 0.427 e. The van der Waals surface area contributed by atoms with E-state index in [1.807, 2.05) is 0 Å². The number of amides is 2. The zero-order valence-electron chi connectivity index (χ0n) is 19.6. The van der Waals surface area contributed by atoms with Crippen molar-refractivity contribution in [3.8, 4) is 5.75 Å². The largest absolute Gasteiger partial charge is 0.451 e. The molecule has 0 saturated carbocycles. The van der Waals surface area contributed by atoms with Crippen LogP contribution in [0.5, 0.6) is 5.75 Å². The van der Waals surface area contributed by atoms with Crippen LogP contribution in [-0.2, 0) is 19.6 Å². The Labute approximate surface area is 209 Å². The van der Waals surface area contributed by atoms with Crippen molar-refractivity contribution in [2.75, 3.05) is 9.62 Å². The highest BCUT2D eigenvalue weighted by atomic mass is 32.2. The third-order valence-corrected chi connectivity index (χ3v) is 6.73. The van der Waals surface area contributed by atoms with Gasteiger partial charge in [0, 0.05) is 18.8 Å². The number of ether oxygens (including phenoxy) is 2. The number of hydrogen-bond acceptors (Lipinski definition) is 6. The van der Waals surface area contributed by atoms with E-state index in [9.17, 15) is 35.6 Å². The van der Waals surface area contributed by atoms with Crippen molar-refractivity contribution < 1.29 is 45.0 Å². The van der Waals surface area contributed by atoms with E-state index in [0.717, 1.165) is 40.8 Å². The second kappa shape index (κ2) is 9.76. The van der Waals surface area contributed by atoms with Gasteiger partial charge in [0.1, 0.15) is 11.5 Å². The first-order valence-electron chi connectivity index (χ1n) is 10.4. The molecule has 1 aliphatic heterocycles. The second-order valence-electron chi connectivity index (χ2n) is 8.19. The fraction of sp³-hybridized carbons (Fsp3) is 0.217. The molecule has 0 bridgehead atoms. The Morgan fingerprint density at radius 1 is 1.11 bits per heavy atom. The Kier molecular flexibility index (Phi) is 7.26. The number of rotatable bonds is 5. The summed E-state index contributed by atoms with van der Waals surface area (Å²) in [4.78, 5) is 23.2. The molecule has 9 nitrogen and oxygen atoms in total. The van der Waals surface area contributed by atoms with E-state index >= 15 is 0 Å². The summed E-state index contributed by atoms with van der Waals surface area (Å²) in [6.07, 6.45) is -5.21. The van der Waals surface area contributed by atoms with Crippen LogP contribution in [-0.4, -0.2) is 32.2 Å². The minimum Gasteiger partial charge on any atom is -0.451 e. The van der Waals surface area contributed by atoms with E-state index in [1.165, 1.54) is 19.1 Å². The maximum atomic E-state index is 13.5. The third-order valence-electron chi connectivity index (χ3n) is 4.96. The molecule has 14 heteroatoms. The molecule has 0 saturated heterocycles. The highest BCUT2D eigenvalue weighted by Gasteiger charge is 2.51. The predicted molar refractivity (Wildman–Crippen MR) is 124 cm³/mol. The average Bonchev–Trinajstić information content (AvgIpc) is 2.76. The number of nitrogens with zero attached hydrogens (tertiary/aromatic N) is 1. The molecule has 2 aromatic carbocycles. The molecule has 0 aromatic heterocycles. The van der Waals surface area contributed by atoms with Gasteiger partial charge in [0.2, 0.25) is 11.5 Å². The van der Waals surface area contributed by atoms with Crippen LogP contribution in [0.25, 0.3) is 0 Å². The van der Waals surface area contributed by atoms with E-state index in [0.29, 0.717) is 13.8 Å². The number of carbonyl (C=O) groups excluding carboxylic acids is 2. The number of nitrogens with one attached hydrogen (secondary N) is 2. The molecular formula is C23H21F4N3O6S. The van der Waals surface area contributed by atoms with Crippen molar-refractivity contribution in [1.29, 1.82) is 0 Å². The van der Waals surface area contributed by atoms with Crippen molar-refractivity contribution >= 4 is 33.4 Å². The first kappa shape index (κ1) is 27.5. The molecule has 2 amide bonds. The molecule has 1 aliphatic rings. The number of hydrogen-bond donors (Lipinski definition) is 2. The van der Waals surface area contributed by atoms with Gasteiger partial charge in [-0.05, 0) is 56.3 Å². The first-order chi connectivity index (χ1) is 17.0. The van der Waals surface area contributed by atoms with E-state index < -0.39 is 39.6 Å². The van der Waals surface area contributed by atoms with Gasteiger partial charge in [-0.1, -0.05) is 6.58 Å². The van der Waals surface area contributed by atoms with Gasteiger partial charge in [-0.25, -0.2) is 21.9 Å². The summed E-state index contributed by atoms with van der Waals surface area (Å²) in [5.41, 5.74) is -3.37. The topological polar surface area (TPSA) is 114 Å². The molecule has 0 unspecified atom stereocenters. The van der Waals surface area contributed by atoms with Crippen molar-refractivity contribution in [3.05, 3.63) is 72.5 Å². The molecule has 0 aliphatic carbocycles. The summed E-state index contributed by atoms with van der Waals surface area (Å²) in [5, 5.41) is 4.46. The lowest BCUT2D eigenvalue weighted by Crippen LogP contribution is -2.44. The van der Waals surface area contributed by atoms with Gasteiger partial charge in [0.05, 0.1) is 10.6 Å². The number of anilines is 2. The Bertz CT molecular complexity index is 1390. The van der Waals surface area contributed by atoms with E-state index in [4.69, 9.17) is 4.74 Å². The molecule has 0 spiro atoms. The number of carbonyl (C=O) groups is 2. The monoisotopic (exact) mass is 543 g/mol. The van der Waals surface area contributed by atoms with Crippen LogP contribution in [0.15, 0.2) is 71.6 Å². The van der Waals surface area contributed by atoms with Crippen LogP contribution in [0, 0.1) is 5.82 Å². The zero-order chi connectivity index (χ0) is 27.8. The van der Waals surface area contributed by atoms with Crippen molar-refractivity contribution in [1.82, 2.24) is 5.32 Å². The van der Waals surface area contributed by atoms with Crippen LogP contribution in [0.4, 0.5) is 33.7 Å². The highest BCUT2D eigenvalue weighted by Crippen LogP contribution is 2.44. The van der Waals surface area contributed by atoms with E-state index in [2.05, 4.69) is 21.9 Å². The summed E-state index contributed by atoms with van der Waals surface area (Å²) in [6.45, 7) is 6.26. The lowest BCUT2D eigenvalue weighted by atomic mass is 10.1. The molecule has 37 heavy (non-hydrogen) atoms. The fourth-order valence-corrected chi connectivity index (χ4v) is 4.44. The molecule has 1 heterocycles. The van der Waals surface area contributed by atoms with Crippen molar-refractivity contribution in [2.24, 2.45) is 0 Å². The van der Waals surface area contributed by atoms with Crippen LogP contribution in [0.3, 0.4) is 0 Å². The molecule has 2 N–H and O–H groups in total. The van der Waals surface area contributed by atoms with Crippen LogP contribution < -0.4 is 19.7 Å². The van der Waals surface area contributed by atoms with Gasteiger partial charge in [-0.2, -0.15) is 13.2 Å². The smallest absolute Gasteiger partial charge is 0.427 e. The number of benzene rings is 2. The summed E-state index contributed by atoms with van der Waals surface area (Å²) in [6, 6.07) is 7.47. The summed E-state index contributed by atoms with van der Waals surface area (Å²) in [5.74, 6) is -1.38. The van der Waals surface area contributed by atoms with Crippen molar-refractivity contribution in [3.63, 3.8) is 0 Å². The Balaban J connectivity index is 2.05. The first-order valence-corrected chi connectivity index (χ1v) is 11.8. The molecule has 2 aromatic rings. The fourth-order valence-electron chi connectivity index (χ4n) is 2.96. The van der Waals surface area contributed by atoms with Gasteiger partial charge in [0.15, 0.2) is 11.5 Å². The van der Waals surface area contributed by atoms with E-state index in [-0.39, 0.29) is 33.5 Å². The van der Waals surface area contributed by atoms with E-state index in [1.54, 1.807) is 0 Å². The van der Waals surface area contributed by atoms with Gasteiger partial charge >= 0.3 is 12.3 Å². The van der Waals surface area contributed by atoms with Crippen LogP contribution >= 0.6 is 0 Å². The lowest BCUT2D eigenvalue weighted by Gasteiger charge is -2.33. The molecule has 0 radical (unpaired) electrons. The van der Waals surface area contributed by atoms with Gasteiger partial charge in [0.25, 0.3) is 10.0 Å². The molecule has 3 rings (SSSR count). The zero-order valence-corrected chi connectivity index (χ0v) is 20.5. The van der Waals surface area contributed by atoms with Crippen LogP contribution in [0.2, 0.25) is 0 Å². The van der Waals surface area contributed by atoms with Gasteiger partial charge < -0.3 is 14.8 Å². The minimum absolute atomic E-state index is 0.0655.